The van der Waals surface area contributed by atoms with Gasteiger partial charge in [-0.1, -0.05) is 11.6 Å². The van der Waals surface area contributed by atoms with E-state index in [0.29, 0.717) is 30.2 Å². The molecule has 1 amide bonds. The zero-order valence-electron chi connectivity index (χ0n) is 11.9. The number of rotatable bonds is 6. The maximum Gasteiger partial charge on any atom is 0.255 e. The van der Waals surface area contributed by atoms with Gasteiger partial charge in [0.25, 0.3) is 5.91 Å². The quantitative estimate of drug-likeness (QED) is 0.823. The first kappa shape index (κ1) is 16.3. The standard InChI is InChI=1S/C16H15ClFNO3/c1-21-8-9-22-13-5-2-11(3-6-13)16(20)19-12-4-7-15(18)14(17)10-12/h2-7,10H,8-9H2,1H3,(H,19,20). The topological polar surface area (TPSA) is 47.6 Å². The highest BCUT2D eigenvalue weighted by molar-refractivity contribution is 6.31. The molecule has 22 heavy (non-hydrogen) atoms. The van der Waals surface area contributed by atoms with Gasteiger partial charge in [-0.05, 0) is 42.5 Å². The minimum absolute atomic E-state index is 0.0420. The van der Waals surface area contributed by atoms with Gasteiger partial charge in [-0.15, -0.1) is 0 Å². The molecule has 6 heteroatoms. The largest absolute Gasteiger partial charge is 0.491 e. The summed E-state index contributed by atoms with van der Waals surface area (Å²) in [5.41, 5.74) is 0.886. The Morgan fingerprint density at radius 3 is 2.55 bits per heavy atom. The molecule has 0 aliphatic carbocycles. The molecule has 0 spiro atoms. The van der Waals surface area contributed by atoms with E-state index in [4.69, 9.17) is 21.1 Å². The third-order valence-electron chi connectivity index (χ3n) is 2.85. The average Bonchev–Trinajstić information content (AvgIpc) is 2.52. The summed E-state index contributed by atoms with van der Waals surface area (Å²) in [4.78, 5) is 12.1. The predicted octanol–water partition coefficient (Wildman–Crippen LogP) is 3.76. The number of benzene rings is 2. The lowest BCUT2D eigenvalue weighted by molar-refractivity contribution is 0.102. The van der Waals surface area contributed by atoms with Gasteiger partial charge in [-0.2, -0.15) is 0 Å². The molecule has 4 nitrogen and oxygen atoms in total. The van der Waals surface area contributed by atoms with Crippen molar-refractivity contribution in [2.45, 2.75) is 0 Å². The monoisotopic (exact) mass is 323 g/mol. The van der Waals surface area contributed by atoms with E-state index in [9.17, 15) is 9.18 Å². The smallest absolute Gasteiger partial charge is 0.255 e. The molecule has 0 aliphatic heterocycles. The number of methoxy groups -OCH3 is 1. The van der Waals surface area contributed by atoms with Gasteiger partial charge in [0.2, 0.25) is 0 Å². The summed E-state index contributed by atoms with van der Waals surface area (Å²) >= 11 is 5.67. The fourth-order valence-electron chi connectivity index (χ4n) is 1.72. The summed E-state index contributed by atoms with van der Waals surface area (Å²) in [6, 6.07) is 10.7. The van der Waals surface area contributed by atoms with Crippen molar-refractivity contribution < 1.29 is 18.7 Å². The lowest BCUT2D eigenvalue weighted by Crippen LogP contribution is -2.12. The van der Waals surface area contributed by atoms with Crippen molar-refractivity contribution in [3.63, 3.8) is 0 Å². The summed E-state index contributed by atoms with van der Waals surface area (Å²) in [6.07, 6.45) is 0. The maximum atomic E-state index is 13.1. The Balaban J connectivity index is 1.98. The summed E-state index contributed by atoms with van der Waals surface area (Å²) in [5.74, 6) is -0.193. The van der Waals surface area contributed by atoms with E-state index in [1.165, 1.54) is 18.2 Å². The van der Waals surface area contributed by atoms with Crippen LogP contribution in [0, 0.1) is 5.82 Å². The SMILES string of the molecule is COCCOc1ccc(C(=O)Nc2ccc(F)c(Cl)c2)cc1. The Bertz CT molecular complexity index is 646. The zero-order chi connectivity index (χ0) is 15.9. The second-order valence-corrected chi connectivity index (χ2v) is 4.86. The number of carbonyl (C=O) groups excluding carboxylic acids is 1. The molecule has 2 aromatic rings. The normalized spacial score (nSPS) is 10.3. The van der Waals surface area contributed by atoms with Crippen LogP contribution in [0.15, 0.2) is 42.5 Å². The number of nitrogens with one attached hydrogen (secondary N) is 1. The van der Waals surface area contributed by atoms with Crippen LogP contribution in [0.4, 0.5) is 10.1 Å². The fraction of sp³-hybridized carbons (Fsp3) is 0.188. The van der Waals surface area contributed by atoms with Crippen LogP contribution in [0.25, 0.3) is 0 Å². The first-order valence-corrected chi connectivity index (χ1v) is 6.96. The zero-order valence-corrected chi connectivity index (χ0v) is 12.7. The molecule has 0 radical (unpaired) electrons. The van der Waals surface area contributed by atoms with E-state index in [-0.39, 0.29) is 10.9 Å². The molecular weight excluding hydrogens is 309 g/mol. The minimum Gasteiger partial charge on any atom is -0.491 e. The molecule has 0 saturated carbocycles. The molecule has 2 aromatic carbocycles. The van der Waals surface area contributed by atoms with E-state index < -0.39 is 5.82 Å². The predicted molar refractivity (Wildman–Crippen MR) is 83.2 cm³/mol. The van der Waals surface area contributed by atoms with Crippen LogP contribution < -0.4 is 10.1 Å². The van der Waals surface area contributed by atoms with E-state index in [1.807, 2.05) is 0 Å². The van der Waals surface area contributed by atoms with Crippen LogP contribution in [0.3, 0.4) is 0 Å². The third-order valence-corrected chi connectivity index (χ3v) is 3.14. The first-order chi connectivity index (χ1) is 10.6. The van der Waals surface area contributed by atoms with Gasteiger partial charge >= 0.3 is 0 Å². The van der Waals surface area contributed by atoms with Gasteiger partial charge in [0.05, 0.1) is 11.6 Å². The second-order valence-electron chi connectivity index (χ2n) is 4.45. The van der Waals surface area contributed by atoms with Gasteiger partial charge in [-0.25, -0.2) is 4.39 Å². The molecule has 0 aliphatic rings. The molecule has 0 fully saturated rings. The number of hydrogen-bond donors (Lipinski definition) is 1. The summed E-state index contributed by atoms with van der Waals surface area (Å²) < 4.78 is 23.4. The maximum absolute atomic E-state index is 13.1. The van der Waals surface area contributed by atoms with Crippen molar-refractivity contribution in [1.29, 1.82) is 0 Å². The highest BCUT2D eigenvalue weighted by atomic mass is 35.5. The van der Waals surface area contributed by atoms with Gasteiger partial charge < -0.3 is 14.8 Å². The molecule has 116 valence electrons. The number of halogens is 2. The molecule has 0 saturated heterocycles. The van der Waals surface area contributed by atoms with Crippen molar-refractivity contribution in [2.24, 2.45) is 0 Å². The Labute approximate surface area is 132 Å². The second kappa shape index (κ2) is 7.77. The van der Waals surface area contributed by atoms with Crippen LogP contribution in [0.1, 0.15) is 10.4 Å². The lowest BCUT2D eigenvalue weighted by atomic mass is 10.2. The molecule has 0 atom stereocenters. The van der Waals surface area contributed by atoms with Gasteiger partial charge in [0.15, 0.2) is 0 Å². The van der Waals surface area contributed by atoms with Crippen LogP contribution in [0.5, 0.6) is 5.75 Å². The Hall–Kier alpha value is -2.11. The Kier molecular flexibility index (Phi) is 5.75. The third kappa shape index (κ3) is 4.44. The molecule has 0 unspecified atom stereocenters. The molecular formula is C16H15ClFNO3. The highest BCUT2D eigenvalue weighted by Crippen LogP contribution is 2.20. The van der Waals surface area contributed by atoms with Gasteiger partial charge in [0, 0.05) is 18.4 Å². The number of hydrogen-bond acceptors (Lipinski definition) is 3. The van der Waals surface area contributed by atoms with Gasteiger partial charge in [-0.3, -0.25) is 4.79 Å². The van der Waals surface area contributed by atoms with Gasteiger partial charge in [0.1, 0.15) is 18.2 Å². The summed E-state index contributed by atoms with van der Waals surface area (Å²) in [6.45, 7) is 0.934. The Morgan fingerprint density at radius 1 is 1.18 bits per heavy atom. The van der Waals surface area contributed by atoms with Crippen molar-refractivity contribution in [2.75, 3.05) is 25.6 Å². The molecule has 0 aromatic heterocycles. The van der Waals surface area contributed by atoms with Crippen molar-refractivity contribution in [3.8, 4) is 5.75 Å². The van der Waals surface area contributed by atoms with Crippen LogP contribution in [0.2, 0.25) is 5.02 Å². The number of carbonyl (C=O) groups is 1. The number of amides is 1. The van der Waals surface area contributed by atoms with E-state index in [2.05, 4.69) is 5.32 Å². The van der Waals surface area contributed by atoms with Crippen molar-refractivity contribution >= 4 is 23.2 Å². The van der Waals surface area contributed by atoms with Crippen molar-refractivity contribution in [1.82, 2.24) is 0 Å². The van der Waals surface area contributed by atoms with Crippen molar-refractivity contribution in [3.05, 3.63) is 58.9 Å². The van der Waals surface area contributed by atoms with E-state index in [0.717, 1.165) is 0 Å². The van der Waals surface area contributed by atoms with E-state index in [1.54, 1.807) is 31.4 Å². The van der Waals surface area contributed by atoms with Crippen LogP contribution in [-0.2, 0) is 4.74 Å². The Morgan fingerprint density at radius 2 is 1.91 bits per heavy atom. The highest BCUT2D eigenvalue weighted by Gasteiger charge is 2.08. The minimum atomic E-state index is -0.530. The molecule has 2 rings (SSSR count). The number of ether oxygens (including phenoxy) is 2. The fourth-order valence-corrected chi connectivity index (χ4v) is 1.90. The summed E-state index contributed by atoms with van der Waals surface area (Å²) in [7, 11) is 1.60. The average molecular weight is 324 g/mol. The molecule has 0 heterocycles. The molecule has 1 N–H and O–H groups in total. The molecule has 0 bridgehead atoms. The number of anilines is 1. The lowest BCUT2D eigenvalue weighted by Gasteiger charge is -2.08. The van der Waals surface area contributed by atoms with E-state index >= 15 is 0 Å². The first-order valence-electron chi connectivity index (χ1n) is 6.58. The van der Waals surface area contributed by atoms with Crippen LogP contribution in [-0.4, -0.2) is 26.2 Å². The summed E-state index contributed by atoms with van der Waals surface area (Å²) in [5, 5.41) is 2.61. The van der Waals surface area contributed by atoms with Crippen LogP contribution >= 0.6 is 11.6 Å².